The molecule has 0 radical (unpaired) electrons. The summed E-state index contributed by atoms with van der Waals surface area (Å²) in [7, 11) is 0. The van der Waals surface area contributed by atoms with Gasteiger partial charge in [0.2, 0.25) is 0 Å². The maximum Gasteiger partial charge on any atom is 0.461 e. The smallest absolute Gasteiger partial charge is 0.461 e. The molecule has 0 aliphatic carbocycles. The maximum atomic E-state index is 16.1. The number of alkyl halides is 4. The predicted molar refractivity (Wildman–Crippen MR) is 145 cm³/mol. The van der Waals surface area contributed by atoms with Gasteiger partial charge in [0.05, 0.1) is 11.7 Å². The van der Waals surface area contributed by atoms with Crippen LogP contribution in [0.5, 0.6) is 11.5 Å². The van der Waals surface area contributed by atoms with Crippen LogP contribution in [0, 0.1) is 23.3 Å². The molecule has 4 aromatic carbocycles. The van der Waals surface area contributed by atoms with E-state index in [9.17, 15) is 31.1 Å². The molecule has 4 rings (SSSR count). The Labute approximate surface area is 247 Å². The molecule has 12 heteroatoms. The van der Waals surface area contributed by atoms with E-state index >= 15 is 8.78 Å². The molecular formula is C32H25F8NO3. The van der Waals surface area contributed by atoms with Crippen molar-refractivity contribution < 1.29 is 49.4 Å². The fourth-order valence-electron chi connectivity index (χ4n) is 4.66. The number of rotatable bonds is 11. The van der Waals surface area contributed by atoms with Crippen molar-refractivity contribution in [1.29, 1.82) is 0 Å². The van der Waals surface area contributed by atoms with Crippen LogP contribution in [0.15, 0.2) is 84.9 Å². The molecule has 0 heterocycles. The van der Waals surface area contributed by atoms with Gasteiger partial charge in [-0.25, -0.2) is 17.6 Å². The summed E-state index contributed by atoms with van der Waals surface area (Å²) in [6.07, 6.45) is -10.2. The van der Waals surface area contributed by atoms with Crippen molar-refractivity contribution in [3.8, 4) is 11.5 Å². The zero-order chi connectivity index (χ0) is 32.2. The molecule has 1 unspecified atom stereocenters. The summed E-state index contributed by atoms with van der Waals surface area (Å²) < 4.78 is 122. The highest BCUT2D eigenvalue weighted by Gasteiger charge is 2.45. The molecule has 1 N–H and O–H groups in total. The van der Waals surface area contributed by atoms with Gasteiger partial charge >= 0.3 is 12.5 Å². The minimum atomic E-state index is -4.95. The zero-order valence-corrected chi connectivity index (χ0v) is 23.2. The van der Waals surface area contributed by atoms with Crippen LogP contribution < -0.4 is 14.8 Å². The summed E-state index contributed by atoms with van der Waals surface area (Å²) in [4.78, 5) is 13.7. The van der Waals surface area contributed by atoms with E-state index in [-0.39, 0.29) is 12.0 Å². The van der Waals surface area contributed by atoms with E-state index in [0.29, 0.717) is 17.7 Å². The van der Waals surface area contributed by atoms with E-state index in [0.717, 1.165) is 30.3 Å². The standard InChI is InChI=1S/C32H25F8NO3/c1-18(2)43-28-24(9-6-10-25(28)34)31(17-19-7-4-3-5-8-19,41-29(42)22-13-11-20(33)15-26(22)35)23-14-12-21(16-27(23)36)44-32(39,40)30(37)38/h3-16,18,30H,17H2,1-2H3,(H,41,42). The van der Waals surface area contributed by atoms with Crippen molar-refractivity contribution in [2.75, 3.05) is 0 Å². The van der Waals surface area contributed by atoms with Crippen molar-refractivity contribution >= 4 is 5.91 Å². The van der Waals surface area contributed by atoms with Gasteiger partial charge in [0.25, 0.3) is 5.91 Å². The number of nitrogens with one attached hydrogen (secondary N) is 1. The quantitative estimate of drug-likeness (QED) is 0.172. The number of hydrogen-bond donors (Lipinski definition) is 1. The highest BCUT2D eigenvalue weighted by molar-refractivity contribution is 5.95. The number of carbonyl (C=O) groups excluding carboxylic acids is 1. The maximum absolute atomic E-state index is 16.1. The lowest BCUT2D eigenvalue weighted by Crippen LogP contribution is -2.49. The van der Waals surface area contributed by atoms with Crippen LogP contribution in [0.25, 0.3) is 0 Å². The third-order valence-electron chi connectivity index (χ3n) is 6.50. The normalized spacial score (nSPS) is 13.1. The molecule has 0 saturated carbocycles. The average Bonchev–Trinajstić information content (AvgIpc) is 2.94. The summed E-state index contributed by atoms with van der Waals surface area (Å²) in [5, 5.41) is 2.56. The zero-order valence-electron chi connectivity index (χ0n) is 23.2. The van der Waals surface area contributed by atoms with Crippen LogP contribution >= 0.6 is 0 Å². The predicted octanol–water partition coefficient (Wildman–Crippen LogP) is 8.18. The van der Waals surface area contributed by atoms with Crippen LogP contribution in [0.3, 0.4) is 0 Å². The van der Waals surface area contributed by atoms with Gasteiger partial charge in [-0.3, -0.25) is 4.79 Å². The lowest BCUT2D eigenvalue weighted by Gasteiger charge is -2.38. The van der Waals surface area contributed by atoms with E-state index in [4.69, 9.17) is 4.74 Å². The Balaban J connectivity index is 2.02. The van der Waals surface area contributed by atoms with Crippen molar-refractivity contribution in [2.45, 2.75) is 44.4 Å². The van der Waals surface area contributed by atoms with Crippen molar-refractivity contribution in [1.82, 2.24) is 5.32 Å². The fourth-order valence-corrected chi connectivity index (χ4v) is 4.66. The fraction of sp³-hybridized carbons (Fsp3) is 0.219. The Bertz CT molecular complexity index is 1630. The van der Waals surface area contributed by atoms with Crippen molar-refractivity contribution in [3.63, 3.8) is 0 Å². The van der Waals surface area contributed by atoms with Crippen LogP contribution in [0.1, 0.15) is 40.9 Å². The Hall–Kier alpha value is -4.61. The summed E-state index contributed by atoms with van der Waals surface area (Å²) in [5.74, 6) is -7.04. The molecule has 1 atom stereocenters. The van der Waals surface area contributed by atoms with Crippen molar-refractivity contribution in [3.05, 3.63) is 130 Å². The average molecular weight is 624 g/mol. The highest BCUT2D eigenvalue weighted by Crippen LogP contribution is 2.43. The van der Waals surface area contributed by atoms with E-state index in [1.54, 1.807) is 44.2 Å². The van der Waals surface area contributed by atoms with Crippen LogP contribution in [-0.2, 0) is 12.0 Å². The second kappa shape index (κ2) is 12.9. The number of halogens is 8. The third-order valence-corrected chi connectivity index (χ3v) is 6.50. The summed E-state index contributed by atoms with van der Waals surface area (Å²) in [6.45, 7) is 3.16. The Morgan fingerprint density at radius 2 is 1.50 bits per heavy atom. The minimum Gasteiger partial charge on any atom is -0.488 e. The molecule has 4 nitrogen and oxygen atoms in total. The topological polar surface area (TPSA) is 47.6 Å². The van der Waals surface area contributed by atoms with E-state index in [1.807, 2.05) is 0 Å². The van der Waals surface area contributed by atoms with Gasteiger partial charge < -0.3 is 14.8 Å². The number of amides is 1. The first-order valence-corrected chi connectivity index (χ1v) is 13.2. The van der Waals surface area contributed by atoms with Gasteiger partial charge in [0.1, 0.15) is 28.7 Å². The molecule has 0 spiro atoms. The number of para-hydroxylation sites is 1. The van der Waals surface area contributed by atoms with Gasteiger partial charge in [-0.1, -0.05) is 42.5 Å². The van der Waals surface area contributed by atoms with Gasteiger partial charge in [-0.05, 0) is 49.7 Å². The number of carbonyl (C=O) groups is 1. The van der Waals surface area contributed by atoms with Gasteiger partial charge in [0.15, 0.2) is 11.6 Å². The SMILES string of the molecule is CC(C)Oc1c(F)cccc1C(Cc1ccccc1)(NC(=O)c1ccc(F)cc1F)c1ccc(OC(F)(F)C(F)F)cc1F. The molecular weight excluding hydrogens is 598 g/mol. The summed E-state index contributed by atoms with van der Waals surface area (Å²) >= 11 is 0. The molecule has 44 heavy (non-hydrogen) atoms. The Morgan fingerprint density at radius 1 is 0.795 bits per heavy atom. The Kier molecular flexibility index (Phi) is 9.50. The summed E-state index contributed by atoms with van der Waals surface area (Å²) in [5.41, 5.74) is -3.00. The summed E-state index contributed by atoms with van der Waals surface area (Å²) in [6, 6.07) is 15.9. The second-order valence-electron chi connectivity index (χ2n) is 10.0. The molecule has 0 fully saturated rings. The molecule has 232 valence electrons. The molecule has 0 aliphatic rings. The van der Waals surface area contributed by atoms with Crippen molar-refractivity contribution in [2.24, 2.45) is 0 Å². The van der Waals surface area contributed by atoms with Crippen LogP contribution in [0.2, 0.25) is 0 Å². The molecule has 0 aromatic heterocycles. The number of benzene rings is 4. The van der Waals surface area contributed by atoms with Gasteiger partial charge in [0, 0.05) is 29.7 Å². The third kappa shape index (κ3) is 6.95. The lowest BCUT2D eigenvalue weighted by atomic mass is 9.76. The van der Waals surface area contributed by atoms with Crippen LogP contribution in [0.4, 0.5) is 35.1 Å². The van der Waals surface area contributed by atoms with E-state index < -0.39 is 76.0 Å². The molecule has 0 saturated heterocycles. The highest BCUT2D eigenvalue weighted by atomic mass is 19.3. The Morgan fingerprint density at radius 3 is 2.11 bits per heavy atom. The van der Waals surface area contributed by atoms with Crippen LogP contribution in [-0.4, -0.2) is 24.5 Å². The van der Waals surface area contributed by atoms with Gasteiger partial charge in [-0.2, -0.15) is 17.6 Å². The molecule has 1 amide bonds. The first kappa shape index (κ1) is 32.3. The van der Waals surface area contributed by atoms with E-state index in [1.165, 1.54) is 12.1 Å². The van der Waals surface area contributed by atoms with Gasteiger partial charge in [-0.15, -0.1) is 0 Å². The molecule has 0 aliphatic heterocycles. The molecule has 4 aromatic rings. The van der Waals surface area contributed by atoms with E-state index in [2.05, 4.69) is 10.1 Å². The number of ether oxygens (including phenoxy) is 2. The largest absolute Gasteiger partial charge is 0.488 e. The first-order valence-electron chi connectivity index (χ1n) is 13.2. The number of hydrogen-bond acceptors (Lipinski definition) is 3. The second-order valence-corrected chi connectivity index (χ2v) is 10.0. The first-order chi connectivity index (χ1) is 20.7. The monoisotopic (exact) mass is 623 g/mol. The molecule has 0 bridgehead atoms. The lowest BCUT2D eigenvalue weighted by molar-refractivity contribution is -0.253. The minimum absolute atomic E-state index is 0.156.